The highest BCUT2D eigenvalue weighted by molar-refractivity contribution is 5.72. The summed E-state index contributed by atoms with van der Waals surface area (Å²) in [5.74, 6) is 0.341. The minimum Gasteiger partial charge on any atom is -0.309 e. The van der Waals surface area contributed by atoms with Crippen LogP contribution in [0.4, 0.5) is 4.39 Å². The molecule has 24 heavy (non-hydrogen) atoms. The zero-order chi connectivity index (χ0) is 17.3. The van der Waals surface area contributed by atoms with Crippen molar-refractivity contribution >= 4 is 11.0 Å². The number of aryl methyl sites for hydroxylation is 1. The monoisotopic (exact) mass is 329 g/mol. The highest BCUT2D eigenvalue weighted by atomic mass is 19.1. The second-order valence-electron chi connectivity index (χ2n) is 5.81. The van der Waals surface area contributed by atoms with E-state index in [2.05, 4.69) is 26.9 Å². The normalized spacial score (nSPS) is 12.9. The second-order valence-corrected chi connectivity index (χ2v) is 5.81. The number of hydrogen-bond acceptors (Lipinski definition) is 4. The van der Waals surface area contributed by atoms with Gasteiger partial charge in [-0.25, -0.2) is 9.37 Å². The van der Waals surface area contributed by atoms with Crippen molar-refractivity contribution in [2.45, 2.75) is 26.4 Å². The standard InChI is InChI=1S/C17H20FN5O/c1-4-23(11(2)12-5-7-13(18)8-6-12)10-15-20-16-14(17(24)21-15)9-19-22(16)3/h5-9,11H,4,10H2,1-3H3,(H,20,21,24)/t11-/m1/s1. The van der Waals surface area contributed by atoms with Gasteiger partial charge in [-0.2, -0.15) is 5.10 Å². The van der Waals surface area contributed by atoms with Crippen LogP contribution in [0.2, 0.25) is 0 Å². The molecule has 3 aromatic rings. The van der Waals surface area contributed by atoms with Crippen molar-refractivity contribution in [1.82, 2.24) is 24.6 Å². The van der Waals surface area contributed by atoms with E-state index >= 15 is 0 Å². The van der Waals surface area contributed by atoms with Crippen LogP contribution in [0.3, 0.4) is 0 Å². The molecular weight excluding hydrogens is 309 g/mol. The third-order valence-corrected chi connectivity index (χ3v) is 4.31. The number of benzene rings is 1. The van der Waals surface area contributed by atoms with Crippen molar-refractivity contribution < 1.29 is 4.39 Å². The fourth-order valence-corrected chi connectivity index (χ4v) is 2.82. The first-order valence-corrected chi connectivity index (χ1v) is 7.90. The summed E-state index contributed by atoms with van der Waals surface area (Å²) in [6, 6.07) is 6.55. The van der Waals surface area contributed by atoms with Crippen molar-refractivity contribution in [3.8, 4) is 0 Å². The van der Waals surface area contributed by atoms with Gasteiger partial charge in [0, 0.05) is 13.1 Å². The molecule has 2 aromatic heterocycles. The molecule has 126 valence electrons. The predicted octanol–water partition coefficient (Wildman–Crippen LogP) is 2.38. The van der Waals surface area contributed by atoms with Crippen LogP contribution in [-0.4, -0.2) is 31.2 Å². The van der Waals surface area contributed by atoms with Gasteiger partial charge in [0.15, 0.2) is 5.65 Å². The SMILES string of the molecule is CCN(Cc1nc2c(cnn2C)c(=O)[nH]1)[C@H](C)c1ccc(F)cc1. The van der Waals surface area contributed by atoms with Gasteiger partial charge in [0.05, 0.1) is 12.7 Å². The van der Waals surface area contributed by atoms with Crippen LogP contribution >= 0.6 is 0 Å². The van der Waals surface area contributed by atoms with E-state index in [9.17, 15) is 9.18 Å². The maximum absolute atomic E-state index is 13.1. The van der Waals surface area contributed by atoms with E-state index in [-0.39, 0.29) is 17.4 Å². The topological polar surface area (TPSA) is 66.8 Å². The number of aromatic amines is 1. The lowest BCUT2D eigenvalue weighted by atomic mass is 10.1. The highest BCUT2D eigenvalue weighted by Crippen LogP contribution is 2.21. The Hall–Kier alpha value is -2.54. The lowest BCUT2D eigenvalue weighted by Gasteiger charge is -2.27. The van der Waals surface area contributed by atoms with Crippen molar-refractivity contribution in [1.29, 1.82) is 0 Å². The quantitative estimate of drug-likeness (QED) is 0.780. The third kappa shape index (κ3) is 3.07. The van der Waals surface area contributed by atoms with E-state index in [4.69, 9.17) is 0 Å². The molecule has 0 unspecified atom stereocenters. The number of halogens is 1. The van der Waals surface area contributed by atoms with Crippen LogP contribution in [0.25, 0.3) is 11.0 Å². The van der Waals surface area contributed by atoms with Crippen LogP contribution in [0, 0.1) is 5.82 Å². The minimum absolute atomic E-state index is 0.0723. The summed E-state index contributed by atoms with van der Waals surface area (Å²) < 4.78 is 14.7. The van der Waals surface area contributed by atoms with Crippen LogP contribution in [-0.2, 0) is 13.6 Å². The fourth-order valence-electron chi connectivity index (χ4n) is 2.82. The smallest absolute Gasteiger partial charge is 0.262 e. The molecule has 1 aromatic carbocycles. The van der Waals surface area contributed by atoms with Gasteiger partial charge in [0.1, 0.15) is 17.0 Å². The molecule has 0 bridgehead atoms. The molecule has 0 aliphatic rings. The number of rotatable bonds is 5. The first-order chi connectivity index (χ1) is 11.5. The lowest BCUT2D eigenvalue weighted by Crippen LogP contribution is -2.28. The Morgan fingerprint density at radius 2 is 2.04 bits per heavy atom. The van der Waals surface area contributed by atoms with Crippen molar-refractivity contribution in [3.63, 3.8) is 0 Å². The maximum atomic E-state index is 13.1. The van der Waals surface area contributed by atoms with Gasteiger partial charge in [-0.3, -0.25) is 14.4 Å². The first kappa shape index (κ1) is 16.3. The summed E-state index contributed by atoms with van der Waals surface area (Å²) in [5.41, 5.74) is 1.40. The van der Waals surface area contributed by atoms with E-state index < -0.39 is 0 Å². The Labute approximate surface area is 138 Å². The van der Waals surface area contributed by atoms with Gasteiger partial charge in [0.2, 0.25) is 0 Å². The molecule has 0 saturated heterocycles. The maximum Gasteiger partial charge on any atom is 0.262 e. The molecule has 1 atom stereocenters. The van der Waals surface area contributed by atoms with Crippen LogP contribution in [0.1, 0.15) is 31.3 Å². The largest absolute Gasteiger partial charge is 0.309 e. The molecule has 6 nitrogen and oxygen atoms in total. The molecule has 0 aliphatic heterocycles. The molecular formula is C17H20FN5O. The average molecular weight is 329 g/mol. The molecule has 0 fully saturated rings. The predicted molar refractivity (Wildman–Crippen MR) is 90.0 cm³/mol. The van der Waals surface area contributed by atoms with Crippen LogP contribution in [0.5, 0.6) is 0 Å². The number of aromatic nitrogens is 4. The van der Waals surface area contributed by atoms with Crippen molar-refractivity contribution in [2.24, 2.45) is 7.05 Å². The molecule has 1 N–H and O–H groups in total. The summed E-state index contributed by atoms with van der Waals surface area (Å²) in [6.07, 6.45) is 1.52. The Morgan fingerprint density at radius 3 is 2.71 bits per heavy atom. The molecule has 7 heteroatoms. The summed E-state index contributed by atoms with van der Waals surface area (Å²) in [7, 11) is 1.76. The third-order valence-electron chi connectivity index (χ3n) is 4.31. The van der Waals surface area contributed by atoms with Gasteiger partial charge in [-0.15, -0.1) is 0 Å². The number of nitrogens with zero attached hydrogens (tertiary/aromatic N) is 4. The number of H-pyrrole nitrogens is 1. The van der Waals surface area contributed by atoms with E-state index in [0.717, 1.165) is 12.1 Å². The van der Waals surface area contributed by atoms with Gasteiger partial charge in [-0.1, -0.05) is 19.1 Å². The Balaban J connectivity index is 1.88. The summed E-state index contributed by atoms with van der Waals surface area (Å²) >= 11 is 0. The molecule has 2 heterocycles. The van der Waals surface area contributed by atoms with Crippen LogP contribution in [0.15, 0.2) is 35.3 Å². The minimum atomic E-state index is -0.248. The average Bonchev–Trinajstić information content (AvgIpc) is 2.94. The lowest BCUT2D eigenvalue weighted by molar-refractivity contribution is 0.207. The number of hydrogen-bond donors (Lipinski definition) is 1. The van der Waals surface area contributed by atoms with Crippen molar-refractivity contribution in [2.75, 3.05) is 6.54 Å². The Bertz CT molecular complexity index is 899. The zero-order valence-corrected chi connectivity index (χ0v) is 14.0. The number of nitrogens with one attached hydrogen (secondary N) is 1. The molecule has 0 spiro atoms. The van der Waals surface area contributed by atoms with Gasteiger partial charge < -0.3 is 4.98 Å². The van der Waals surface area contributed by atoms with Crippen molar-refractivity contribution in [3.05, 3.63) is 58.0 Å². The number of fused-ring (bicyclic) bond motifs is 1. The Kier molecular flexibility index (Phi) is 4.44. The zero-order valence-electron chi connectivity index (χ0n) is 14.0. The Morgan fingerprint density at radius 1 is 1.33 bits per heavy atom. The molecule has 0 radical (unpaired) electrons. The second kappa shape index (κ2) is 6.52. The van der Waals surface area contributed by atoms with Gasteiger partial charge in [0.25, 0.3) is 5.56 Å². The molecule has 0 amide bonds. The summed E-state index contributed by atoms with van der Waals surface area (Å²) in [6.45, 7) is 5.36. The molecule has 3 rings (SSSR count). The first-order valence-electron chi connectivity index (χ1n) is 7.90. The van der Waals surface area contributed by atoms with E-state index in [1.54, 1.807) is 23.9 Å². The molecule has 0 saturated carbocycles. The summed E-state index contributed by atoms with van der Waals surface area (Å²) in [5, 5.41) is 4.56. The van der Waals surface area contributed by atoms with Crippen LogP contribution < -0.4 is 5.56 Å². The van der Waals surface area contributed by atoms with Gasteiger partial charge in [-0.05, 0) is 31.2 Å². The highest BCUT2D eigenvalue weighted by Gasteiger charge is 2.17. The van der Waals surface area contributed by atoms with E-state index in [0.29, 0.717) is 23.4 Å². The summed E-state index contributed by atoms with van der Waals surface area (Å²) in [4.78, 5) is 21.7. The molecule has 0 aliphatic carbocycles. The van der Waals surface area contributed by atoms with E-state index in [1.165, 1.54) is 18.3 Å². The van der Waals surface area contributed by atoms with Gasteiger partial charge >= 0.3 is 0 Å². The fraction of sp³-hybridized carbons (Fsp3) is 0.353. The van der Waals surface area contributed by atoms with E-state index in [1.807, 2.05) is 6.92 Å².